The smallest absolute Gasteiger partial charge is 0.254 e. The SMILES string of the molecule is CC(c1ccccc1Cl)N1CCN(C(=O)c2ccncc2)CC1. The van der Waals surface area contributed by atoms with Crippen molar-refractivity contribution in [1.82, 2.24) is 14.8 Å². The van der Waals surface area contributed by atoms with Gasteiger partial charge in [0.1, 0.15) is 0 Å². The molecule has 23 heavy (non-hydrogen) atoms. The first kappa shape index (κ1) is 16.0. The summed E-state index contributed by atoms with van der Waals surface area (Å²) in [5, 5.41) is 0.801. The highest BCUT2D eigenvalue weighted by Crippen LogP contribution is 2.27. The molecule has 120 valence electrons. The summed E-state index contributed by atoms with van der Waals surface area (Å²) >= 11 is 6.30. The highest BCUT2D eigenvalue weighted by molar-refractivity contribution is 6.31. The number of nitrogens with zero attached hydrogens (tertiary/aromatic N) is 3. The maximum absolute atomic E-state index is 12.5. The molecule has 0 bridgehead atoms. The molecule has 1 atom stereocenters. The molecular weight excluding hydrogens is 310 g/mol. The summed E-state index contributed by atoms with van der Waals surface area (Å²) in [7, 11) is 0. The van der Waals surface area contributed by atoms with Gasteiger partial charge in [0.15, 0.2) is 0 Å². The molecule has 0 radical (unpaired) electrons. The zero-order chi connectivity index (χ0) is 16.2. The number of piperazine rings is 1. The van der Waals surface area contributed by atoms with Crippen LogP contribution in [0.1, 0.15) is 28.9 Å². The molecule has 4 nitrogen and oxygen atoms in total. The summed E-state index contributed by atoms with van der Waals surface area (Å²) in [5.74, 6) is 0.0810. The van der Waals surface area contributed by atoms with Crippen molar-refractivity contribution in [3.63, 3.8) is 0 Å². The number of carbonyl (C=O) groups is 1. The molecule has 1 fully saturated rings. The molecule has 1 aliphatic rings. The molecule has 0 spiro atoms. The Labute approximate surface area is 141 Å². The average molecular weight is 330 g/mol. The lowest BCUT2D eigenvalue weighted by Crippen LogP contribution is -2.49. The summed E-state index contributed by atoms with van der Waals surface area (Å²) < 4.78 is 0. The second kappa shape index (κ2) is 7.11. The molecule has 0 aliphatic carbocycles. The fraction of sp³-hybridized carbons (Fsp3) is 0.333. The normalized spacial score (nSPS) is 17.0. The molecule has 1 aromatic carbocycles. The highest BCUT2D eigenvalue weighted by Gasteiger charge is 2.26. The van der Waals surface area contributed by atoms with Crippen LogP contribution in [0.2, 0.25) is 5.02 Å². The van der Waals surface area contributed by atoms with Gasteiger partial charge in [-0.15, -0.1) is 0 Å². The molecule has 5 heteroatoms. The Kier molecular flexibility index (Phi) is 4.94. The van der Waals surface area contributed by atoms with E-state index in [-0.39, 0.29) is 11.9 Å². The fourth-order valence-electron chi connectivity index (χ4n) is 3.00. The molecule has 1 aromatic heterocycles. The molecular formula is C18H20ClN3O. The van der Waals surface area contributed by atoms with E-state index < -0.39 is 0 Å². The predicted octanol–water partition coefficient (Wildman–Crippen LogP) is 3.25. The van der Waals surface area contributed by atoms with Crippen molar-refractivity contribution in [2.45, 2.75) is 13.0 Å². The zero-order valence-electron chi connectivity index (χ0n) is 13.2. The van der Waals surface area contributed by atoms with Crippen LogP contribution in [-0.4, -0.2) is 46.9 Å². The number of hydrogen-bond acceptors (Lipinski definition) is 3. The standard InChI is InChI=1S/C18H20ClN3O/c1-14(16-4-2-3-5-17(16)19)21-10-12-22(13-11-21)18(23)15-6-8-20-9-7-15/h2-9,14H,10-13H2,1H3. The van der Waals surface area contributed by atoms with Crippen LogP contribution in [0.25, 0.3) is 0 Å². The largest absolute Gasteiger partial charge is 0.336 e. The maximum Gasteiger partial charge on any atom is 0.254 e. The lowest BCUT2D eigenvalue weighted by molar-refractivity contribution is 0.0582. The van der Waals surface area contributed by atoms with Crippen molar-refractivity contribution in [3.05, 3.63) is 64.9 Å². The van der Waals surface area contributed by atoms with E-state index in [0.29, 0.717) is 5.56 Å². The number of amides is 1. The van der Waals surface area contributed by atoms with E-state index in [1.807, 2.05) is 23.1 Å². The average Bonchev–Trinajstić information content (AvgIpc) is 2.62. The van der Waals surface area contributed by atoms with Gasteiger partial charge < -0.3 is 4.90 Å². The van der Waals surface area contributed by atoms with Crippen molar-refractivity contribution in [1.29, 1.82) is 0 Å². The Morgan fingerprint density at radius 3 is 2.39 bits per heavy atom. The molecule has 1 unspecified atom stereocenters. The van der Waals surface area contributed by atoms with Gasteiger partial charge >= 0.3 is 0 Å². The van der Waals surface area contributed by atoms with Crippen molar-refractivity contribution in [3.8, 4) is 0 Å². The van der Waals surface area contributed by atoms with E-state index in [1.54, 1.807) is 24.5 Å². The Morgan fingerprint density at radius 2 is 1.74 bits per heavy atom. The minimum absolute atomic E-state index is 0.0810. The van der Waals surface area contributed by atoms with Gasteiger partial charge in [-0.3, -0.25) is 14.7 Å². The monoisotopic (exact) mass is 329 g/mol. The lowest BCUT2D eigenvalue weighted by Gasteiger charge is -2.38. The van der Waals surface area contributed by atoms with E-state index in [1.165, 1.54) is 0 Å². The van der Waals surface area contributed by atoms with E-state index in [0.717, 1.165) is 36.8 Å². The van der Waals surface area contributed by atoms with Crippen LogP contribution in [0.15, 0.2) is 48.8 Å². The molecule has 0 saturated carbocycles. The van der Waals surface area contributed by atoms with Crippen molar-refractivity contribution in [2.24, 2.45) is 0 Å². The van der Waals surface area contributed by atoms with Gasteiger partial charge in [-0.2, -0.15) is 0 Å². The van der Waals surface area contributed by atoms with E-state index >= 15 is 0 Å². The Hall–Kier alpha value is -1.91. The molecule has 1 aliphatic heterocycles. The first-order valence-corrected chi connectivity index (χ1v) is 8.22. The van der Waals surface area contributed by atoms with E-state index in [2.05, 4.69) is 22.9 Å². The number of aromatic nitrogens is 1. The van der Waals surface area contributed by atoms with Crippen LogP contribution >= 0.6 is 11.6 Å². The van der Waals surface area contributed by atoms with Gasteiger partial charge in [0.25, 0.3) is 5.91 Å². The third kappa shape index (κ3) is 3.54. The molecule has 3 rings (SSSR count). The van der Waals surface area contributed by atoms with Gasteiger partial charge in [0.2, 0.25) is 0 Å². The summed E-state index contributed by atoms with van der Waals surface area (Å²) in [5.41, 5.74) is 1.84. The lowest BCUT2D eigenvalue weighted by atomic mass is 10.1. The first-order valence-electron chi connectivity index (χ1n) is 7.84. The third-order valence-electron chi connectivity index (χ3n) is 4.43. The van der Waals surface area contributed by atoms with Crippen molar-refractivity contribution < 1.29 is 4.79 Å². The number of carbonyl (C=O) groups excluding carboxylic acids is 1. The quantitative estimate of drug-likeness (QED) is 0.867. The topological polar surface area (TPSA) is 36.4 Å². The van der Waals surface area contributed by atoms with Crippen LogP contribution in [0.4, 0.5) is 0 Å². The minimum Gasteiger partial charge on any atom is -0.336 e. The Morgan fingerprint density at radius 1 is 1.09 bits per heavy atom. The Bertz CT molecular complexity index is 669. The summed E-state index contributed by atoms with van der Waals surface area (Å²) in [6.07, 6.45) is 3.31. The minimum atomic E-state index is 0.0810. The van der Waals surface area contributed by atoms with Gasteiger partial charge in [0.05, 0.1) is 0 Å². The van der Waals surface area contributed by atoms with Gasteiger partial charge in [-0.05, 0) is 30.7 Å². The fourth-order valence-corrected chi connectivity index (χ4v) is 3.29. The van der Waals surface area contributed by atoms with Crippen LogP contribution in [0.5, 0.6) is 0 Å². The predicted molar refractivity (Wildman–Crippen MR) is 91.6 cm³/mol. The van der Waals surface area contributed by atoms with Gasteiger partial charge in [-0.25, -0.2) is 0 Å². The number of benzene rings is 1. The molecule has 2 aromatic rings. The van der Waals surface area contributed by atoms with Gasteiger partial charge in [-0.1, -0.05) is 29.8 Å². The van der Waals surface area contributed by atoms with E-state index in [4.69, 9.17) is 11.6 Å². The van der Waals surface area contributed by atoms with Crippen molar-refractivity contribution in [2.75, 3.05) is 26.2 Å². The van der Waals surface area contributed by atoms with Crippen LogP contribution in [-0.2, 0) is 0 Å². The highest BCUT2D eigenvalue weighted by atomic mass is 35.5. The van der Waals surface area contributed by atoms with Crippen molar-refractivity contribution >= 4 is 17.5 Å². The molecule has 1 amide bonds. The summed E-state index contributed by atoms with van der Waals surface area (Å²) in [6, 6.07) is 11.7. The van der Waals surface area contributed by atoms with Crippen LogP contribution < -0.4 is 0 Å². The first-order chi connectivity index (χ1) is 11.2. The zero-order valence-corrected chi connectivity index (χ0v) is 13.9. The van der Waals surface area contributed by atoms with E-state index in [9.17, 15) is 4.79 Å². The molecule has 2 heterocycles. The summed E-state index contributed by atoms with van der Waals surface area (Å²) in [4.78, 5) is 20.7. The number of rotatable bonds is 3. The number of hydrogen-bond donors (Lipinski definition) is 0. The van der Waals surface area contributed by atoms with Crippen LogP contribution in [0, 0.1) is 0 Å². The Balaban J connectivity index is 1.62. The number of pyridine rings is 1. The molecule has 1 saturated heterocycles. The number of halogens is 1. The van der Waals surface area contributed by atoms with Gasteiger partial charge in [0, 0.05) is 55.2 Å². The second-order valence-electron chi connectivity index (χ2n) is 5.76. The summed E-state index contributed by atoms with van der Waals surface area (Å²) in [6.45, 7) is 5.33. The van der Waals surface area contributed by atoms with Crippen LogP contribution in [0.3, 0.4) is 0 Å². The maximum atomic E-state index is 12.5. The second-order valence-corrected chi connectivity index (χ2v) is 6.17. The molecule has 0 N–H and O–H groups in total. The third-order valence-corrected chi connectivity index (χ3v) is 4.78.